The molecule has 0 aliphatic carbocycles. The van der Waals surface area contributed by atoms with Crippen LogP contribution in [0.4, 0.5) is 0 Å². The van der Waals surface area contributed by atoms with Crippen molar-refractivity contribution in [3.63, 3.8) is 0 Å². The smallest absolute Gasteiger partial charge is 0.0223 e. The van der Waals surface area contributed by atoms with Gasteiger partial charge in [-0.3, -0.25) is 4.90 Å². The normalized spacial score (nSPS) is 25.5. The van der Waals surface area contributed by atoms with Crippen molar-refractivity contribution in [3.05, 3.63) is 0 Å². The molecule has 1 fully saturated rings. The lowest BCUT2D eigenvalue weighted by Gasteiger charge is -2.39. The van der Waals surface area contributed by atoms with Crippen molar-refractivity contribution in [3.8, 4) is 0 Å². The summed E-state index contributed by atoms with van der Waals surface area (Å²) in [5, 5.41) is 0. The maximum Gasteiger partial charge on any atom is 0.0223 e. The van der Waals surface area contributed by atoms with Crippen molar-refractivity contribution in [1.82, 2.24) is 9.80 Å². The van der Waals surface area contributed by atoms with Gasteiger partial charge in [-0.05, 0) is 32.9 Å². The average Bonchev–Trinajstić information content (AvgIpc) is 2.18. The summed E-state index contributed by atoms with van der Waals surface area (Å²) in [6.07, 6.45) is 2.41. The number of rotatable bonds is 5. The second-order valence-electron chi connectivity index (χ2n) is 4.17. The van der Waals surface area contributed by atoms with E-state index in [2.05, 4.69) is 23.6 Å². The molecule has 3 heteroatoms. The Morgan fingerprint density at radius 2 is 2.07 bits per heavy atom. The van der Waals surface area contributed by atoms with Crippen LogP contribution in [0.1, 0.15) is 26.7 Å². The van der Waals surface area contributed by atoms with Gasteiger partial charge in [-0.15, -0.1) is 11.6 Å². The highest BCUT2D eigenvalue weighted by molar-refractivity contribution is 6.17. The maximum atomic E-state index is 5.67. The van der Waals surface area contributed by atoms with Crippen LogP contribution in [0.25, 0.3) is 0 Å². The molecule has 0 aromatic heterocycles. The molecule has 0 saturated carbocycles. The number of halogens is 1. The molecule has 1 aliphatic heterocycles. The zero-order chi connectivity index (χ0) is 10.4. The second-order valence-corrected chi connectivity index (χ2v) is 4.55. The minimum absolute atomic E-state index is 0.727. The Morgan fingerprint density at radius 1 is 1.29 bits per heavy atom. The van der Waals surface area contributed by atoms with E-state index in [1.807, 2.05) is 0 Å². The van der Waals surface area contributed by atoms with Crippen molar-refractivity contribution >= 4 is 11.6 Å². The Hall–Kier alpha value is 0.210. The first-order valence-corrected chi connectivity index (χ1v) is 6.33. The topological polar surface area (TPSA) is 6.48 Å². The number of nitrogens with zero attached hydrogens (tertiary/aromatic N) is 2. The van der Waals surface area contributed by atoms with Gasteiger partial charge in [-0.2, -0.15) is 0 Å². The molecule has 1 unspecified atom stereocenters. The third-order valence-electron chi connectivity index (χ3n) is 3.11. The van der Waals surface area contributed by atoms with E-state index in [4.69, 9.17) is 11.6 Å². The number of likely N-dealkylation sites (N-methyl/N-ethyl adjacent to an activating group) is 1. The predicted molar refractivity (Wildman–Crippen MR) is 63.1 cm³/mol. The summed E-state index contributed by atoms with van der Waals surface area (Å²) in [4.78, 5) is 5.13. The molecule has 1 rings (SSSR count). The largest absolute Gasteiger partial charge is 0.301 e. The lowest BCUT2D eigenvalue weighted by Crippen LogP contribution is -2.51. The van der Waals surface area contributed by atoms with Crippen LogP contribution >= 0.6 is 11.6 Å². The van der Waals surface area contributed by atoms with Crippen molar-refractivity contribution in [2.24, 2.45) is 0 Å². The van der Waals surface area contributed by atoms with E-state index in [1.165, 1.54) is 39.1 Å². The predicted octanol–water partition coefficient (Wildman–Crippen LogP) is 2.03. The Labute approximate surface area is 93.2 Å². The van der Waals surface area contributed by atoms with Crippen LogP contribution in [0.15, 0.2) is 0 Å². The van der Waals surface area contributed by atoms with Gasteiger partial charge in [0.1, 0.15) is 0 Å². The first-order valence-electron chi connectivity index (χ1n) is 5.80. The number of piperazine rings is 1. The average molecular weight is 219 g/mol. The Kier molecular flexibility index (Phi) is 5.83. The molecule has 0 radical (unpaired) electrons. The number of hydrogen-bond donors (Lipinski definition) is 0. The first-order chi connectivity index (χ1) is 6.77. The highest BCUT2D eigenvalue weighted by Gasteiger charge is 2.21. The van der Waals surface area contributed by atoms with Gasteiger partial charge in [0.05, 0.1) is 0 Å². The molecule has 1 heterocycles. The number of hydrogen-bond acceptors (Lipinski definition) is 2. The highest BCUT2D eigenvalue weighted by Crippen LogP contribution is 2.09. The Morgan fingerprint density at radius 3 is 2.64 bits per heavy atom. The van der Waals surface area contributed by atoms with Crippen LogP contribution in [0.3, 0.4) is 0 Å². The monoisotopic (exact) mass is 218 g/mol. The van der Waals surface area contributed by atoms with Gasteiger partial charge in [0.15, 0.2) is 0 Å². The third-order valence-corrected chi connectivity index (χ3v) is 3.38. The van der Waals surface area contributed by atoms with Crippen LogP contribution in [0, 0.1) is 0 Å². The highest BCUT2D eigenvalue weighted by atomic mass is 35.5. The second kappa shape index (κ2) is 6.65. The lowest BCUT2D eigenvalue weighted by molar-refractivity contribution is 0.0873. The molecular formula is C11H23ClN2. The molecule has 2 nitrogen and oxygen atoms in total. The van der Waals surface area contributed by atoms with E-state index in [1.54, 1.807) is 0 Å². The molecule has 0 aromatic rings. The standard InChI is InChI=1S/C11H23ClN2/c1-3-14-9-8-13(10-11(14)2)7-5-4-6-12/h11H,3-10H2,1-2H3. The summed E-state index contributed by atoms with van der Waals surface area (Å²) in [6, 6.07) is 0.727. The van der Waals surface area contributed by atoms with Gasteiger partial charge >= 0.3 is 0 Å². The Bertz CT molecular complexity index is 150. The molecule has 0 amide bonds. The molecule has 0 spiro atoms. The number of alkyl halides is 1. The van der Waals surface area contributed by atoms with E-state index < -0.39 is 0 Å². The Balaban J connectivity index is 2.18. The van der Waals surface area contributed by atoms with Crippen LogP contribution in [-0.2, 0) is 0 Å². The summed E-state index contributed by atoms with van der Waals surface area (Å²) in [5.74, 6) is 0.810. The van der Waals surface area contributed by atoms with E-state index >= 15 is 0 Å². The minimum Gasteiger partial charge on any atom is -0.301 e. The van der Waals surface area contributed by atoms with E-state index in [0.29, 0.717) is 0 Å². The summed E-state index contributed by atoms with van der Waals surface area (Å²) in [6.45, 7) is 10.7. The van der Waals surface area contributed by atoms with E-state index in [-0.39, 0.29) is 0 Å². The molecule has 1 aliphatic rings. The molecule has 1 saturated heterocycles. The molecule has 14 heavy (non-hydrogen) atoms. The molecular weight excluding hydrogens is 196 g/mol. The first kappa shape index (κ1) is 12.3. The summed E-state index contributed by atoms with van der Waals surface area (Å²) in [7, 11) is 0. The summed E-state index contributed by atoms with van der Waals surface area (Å²) in [5.41, 5.74) is 0. The molecule has 0 N–H and O–H groups in total. The molecule has 1 atom stereocenters. The van der Waals surface area contributed by atoms with E-state index in [0.717, 1.165) is 18.3 Å². The van der Waals surface area contributed by atoms with Gasteiger partial charge in [-0.1, -0.05) is 6.92 Å². The fourth-order valence-electron chi connectivity index (χ4n) is 2.17. The summed E-state index contributed by atoms with van der Waals surface area (Å²) < 4.78 is 0. The van der Waals surface area contributed by atoms with Crippen LogP contribution in [-0.4, -0.2) is 54.4 Å². The van der Waals surface area contributed by atoms with Crippen LogP contribution in [0.2, 0.25) is 0 Å². The van der Waals surface area contributed by atoms with Crippen molar-refractivity contribution in [2.45, 2.75) is 32.7 Å². The summed E-state index contributed by atoms with van der Waals surface area (Å²) >= 11 is 5.67. The third kappa shape index (κ3) is 3.76. The van der Waals surface area contributed by atoms with Gasteiger partial charge in [0.2, 0.25) is 0 Å². The molecule has 0 bridgehead atoms. The minimum atomic E-state index is 0.727. The molecule has 0 aromatic carbocycles. The quantitative estimate of drug-likeness (QED) is 0.515. The van der Waals surface area contributed by atoms with Gasteiger partial charge in [0.25, 0.3) is 0 Å². The SMILES string of the molecule is CCN1CCN(CCCCCl)CC1C. The van der Waals surface area contributed by atoms with Crippen LogP contribution in [0.5, 0.6) is 0 Å². The van der Waals surface area contributed by atoms with E-state index in [9.17, 15) is 0 Å². The lowest BCUT2D eigenvalue weighted by atomic mass is 10.2. The van der Waals surface area contributed by atoms with Crippen molar-refractivity contribution in [1.29, 1.82) is 0 Å². The van der Waals surface area contributed by atoms with Crippen LogP contribution < -0.4 is 0 Å². The fourth-order valence-corrected chi connectivity index (χ4v) is 2.36. The van der Waals surface area contributed by atoms with Gasteiger partial charge in [0, 0.05) is 31.6 Å². The zero-order valence-corrected chi connectivity index (χ0v) is 10.3. The fraction of sp³-hybridized carbons (Fsp3) is 1.00. The van der Waals surface area contributed by atoms with Gasteiger partial charge < -0.3 is 4.90 Å². The van der Waals surface area contributed by atoms with Gasteiger partial charge in [-0.25, -0.2) is 0 Å². The zero-order valence-electron chi connectivity index (χ0n) is 9.51. The number of unbranched alkanes of at least 4 members (excludes halogenated alkanes) is 1. The maximum absolute atomic E-state index is 5.67. The molecule has 84 valence electrons. The van der Waals surface area contributed by atoms with Crippen molar-refractivity contribution < 1.29 is 0 Å². The van der Waals surface area contributed by atoms with Crippen molar-refractivity contribution in [2.75, 3.05) is 38.6 Å².